The third-order valence-corrected chi connectivity index (χ3v) is 6.31. The maximum atomic E-state index is 13.0. The molecular formula is C21H21ClN4O3S. The highest BCUT2D eigenvalue weighted by atomic mass is 35.5. The van der Waals surface area contributed by atoms with Gasteiger partial charge in [0.1, 0.15) is 11.5 Å². The van der Waals surface area contributed by atoms with E-state index in [1.807, 2.05) is 24.3 Å². The van der Waals surface area contributed by atoms with Crippen LogP contribution < -0.4 is 10.5 Å². The normalized spacial score (nSPS) is 14.1. The Morgan fingerprint density at radius 1 is 1.03 bits per heavy atom. The first-order chi connectivity index (χ1) is 14.3. The molecule has 30 heavy (non-hydrogen) atoms. The number of imidazole rings is 1. The summed E-state index contributed by atoms with van der Waals surface area (Å²) >= 11 is 6.02. The maximum Gasteiger partial charge on any atom is 0.276 e. The van der Waals surface area contributed by atoms with Crippen molar-refractivity contribution < 1.29 is 13.2 Å². The van der Waals surface area contributed by atoms with E-state index in [1.165, 1.54) is 24.3 Å². The third kappa shape index (κ3) is 4.26. The van der Waals surface area contributed by atoms with Gasteiger partial charge in [-0.3, -0.25) is 4.79 Å². The highest BCUT2D eigenvalue weighted by molar-refractivity contribution is 7.89. The minimum atomic E-state index is -3.78. The number of nitrogens with zero attached hydrogens (tertiary/aromatic N) is 2. The Hall–Kier alpha value is -2.68. The number of carbonyl (C=O) groups is 1. The van der Waals surface area contributed by atoms with Crippen molar-refractivity contribution in [1.82, 2.24) is 9.55 Å². The number of primary sulfonamides is 1. The van der Waals surface area contributed by atoms with Crippen LogP contribution in [0.4, 0.5) is 5.69 Å². The van der Waals surface area contributed by atoms with Crippen molar-refractivity contribution in [3.8, 4) is 11.4 Å². The number of carbonyl (C=O) groups excluding carboxylic acids is 1. The average Bonchev–Trinajstić information content (AvgIpc) is 2.90. The van der Waals surface area contributed by atoms with Crippen molar-refractivity contribution in [2.75, 3.05) is 5.32 Å². The summed E-state index contributed by atoms with van der Waals surface area (Å²) in [7, 11) is -3.78. The van der Waals surface area contributed by atoms with E-state index in [1.54, 1.807) is 0 Å². The molecule has 2 heterocycles. The monoisotopic (exact) mass is 444 g/mol. The molecule has 0 fully saturated rings. The maximum absolute atomic E-state index is 13.0. The molecule has 3 N–H and O–H groups in total. The van der Waals surface area contributed by atoms with Crippen molar-refractivity contribution in [3.63, 3.8) is 0 Å². The van der Waals surface area contributed by atoms with Gasteiger partial charge in [0, 0.05) is 22.8 Å². The zero-order valence-corrected chi connectivity index (χ0v) is 17.7. The lowest BCUT2D eigenvalue weighted by molar-refractivity contribution is 0.102. The van der Waals surface area contributed by atoms with Gasteiger partial charge < -0.3 is 9.88 Å². The molecule has 3 aromatic rings. The molecule has 0 radical (unpaired) electrons. The summed E-state index contributed by atoms with van der Waals surface area (Å²) in [6.07, 6.45) is 3.89. The van der Waals surface area contributed by atoms with Crippen LogP contribution in [0, 0.1) is 0 Å². The van der Waals surface area contributed by atoms with Crippen LogP contribution in [0.5, 0.6) is 0 Å². The Labute approximate surface area is 179 Å². The molecule has 156 valence electrons. The summed E-state index contributed by atoms with van der Waals surface area (Å²) < 4.78 is 24.9. The van der Waals surface area contributed by atoms with E-state index in [-0.39, 0.29) is 10.8 Å². The van der Waals surface area contributed by atoms with E-state index in [0.717, 1.165) is 49.3 Å². The number of rotatable bonds is 4. The van der Waals surface area contributed by atoms with Gasteiger partial charge in [0.15, 0.2) is 0 Å². The molecule has 7 nitrogen and oxygen atoms in total. The second-order valence-corrected chi connectivity index (χ2v) is 9.22. The fraction of sp³-hybridized carbons (Fsp3) is 0.238. The molecule has 0 aliphatic carbocycles. The lowest BCUT2D eigenvalue weighted by Gasteiger charge is -2.09. The molecule has 2 aromatic carbocycles. The molecule has 1 amide bonds. The van der Waals surface area contributed by atoms with Gasteiger partial charge >= 0.3 is 0 Å². The van der Waals surface area contributed by atoms with Gasteiger partial charge in [-0.2, -0.15) is 0 Å². The molecule has 1 aliphatic rings. The number of amides is 1. The van der Waals surface area contributed by atoms with E-state index in [4.69, 9.17) is 16.7 Å². The Kier molecular flexibility index (Phi) is 5.64. The summed E-state index contributed by atoms with van der Waals surface area (Å²) in [5.74, 6) is 0.419. The molecule has 1 aromatic heterocycles. The van der Waals surface area contributed by atoms with Crippen molar-refractivity contribution >= 4 is 33.2 Å². The van der Waals surface area contributed by atoms with Crippen LogP contribution >= 0.6 is 11.6 Å². The first-order valence-corrected chi connectivity index (χ1v) is 11.5. The Morgan fingerprint density at radius 3 is 2.40 bits per heavy atom. The van der Waals surface area contributed by atoms with Crippen LogP contribution in [0.15, 0.2) is 53.4 Å². The molecule has 0 saturated heterocycles. The van der Waals surface area contributed by atoms with Crippen molar-refractivity contribution in [1.29, 1.82) is 0 Å². The molecule has 0 spiro atoms. The lowest BCUT2D eigenvalue weighted by atomic mass is 10.1. The van der Waals surface area contributed by atoms with Crippen LogP contribution in [0.3, 0.4) is 0 Å². The first-order valence-electron chi connectivity index (χ1n) is 9.62. The van der Waals surface area contributed by atoms with Crippen molar-refractivity contribution in [2.24, 2.45) is 5.14 Å². The van der Waals surface area contributed by atoms with Crippen molar-refractivity contribution in [3.05, 3.63) is 64.9 Å². The summed E-state index contributed by atoms with van der Waals surface area (Å²) in [4.78, 5) is 17.7. The predicted molar refractivity (Wildman–Crippen MR) is 116 cm³/mol. The number of nitrogens with one attached hydrogen (secondary N) is 1. The molecule has 0 bridgehead atoms. The van der Waals surface area contributed by atoms with E-state index < -0.39 is 10.0 Å². The second-order valence-electron chi connectivity index (χ2n) is 7.22. The predicted octanol–water partition coefficient (Wildman–Crippen LogP) is 3.83. The quantitative estimate of drug-likeness (QED) is 0.637. The average molecular weight is 445 g/mol. The van der Waals surface area contributed by atoms with Crippen LogP contribution in [-0.4, -0.2) is 23.9 Å². The summed E-state index contributed by atoms with van der Waals surface area (Å²) in [6, 6.07) is 13.1. The summed E-state index contributed by atoms with van der Waals surface area (Å²) in [6.45, 7) is 0.802. The summed E-state index contributed by atoms with van der Waals surface area (Å²) in [5, 5.41) is 8.57. The number of hydrogen-bond acceptors (Lipinski definition) is 4. The number of hydrogen-bond donors (Lipinski definition) is 2. The number of aromatic nitrogens is 2. The van der Waals surface area contributed by atoms with Crippen LogP contribution in [-0.2, 0) is 23.0 Å². The van der Waals surface area contributed by atoms with Crippen LogP contribution in [0.1, 0.15) is 35.4 Å². The standard InChI is InChI=1S/C21H21ClN4O3S/c22-15-7-5-14(6-8-15)20-25-19(18-4-2-1-3-13-26(18)20)21(27)24-16-9-11-17(12-10-16)30(23,28)29/h5-12H,1-4,13H2,(H,24,27)(H2,23,28,29). The van der Waals surface area contributed by atoms with Gasteiger partial charge in [-0.15, -0.1) is 0 Å². The van der Waals surface area contributed by atoms with Gasteiger partial charge in [-0.05, 0) is 67.8 Å². The van der Waals surface area contributed by atoms with Gasteiger partial charge in [-0.1, -0.05) is 18.0 Å². The molecule has 0 atom stereocenters. The van der Waals surface area contributed by atoms with Crippen LogP contribution in [0.2, 0.25) is 5.02 Å². The molecule has 9 heteroatoms. The van der Waals surface area contributed by atoms with E-state index in [9.17, 15) is 13.2 Å². The smallest absolute Gasteiger partial charge is 0.276 e. The first kappa shape index (κ1) is 20.6. The fourth-order valence-electron chi connectivity index (χ4n) is 3.64. The van der Waals surface area contributed by atoms with Gasteiger partial charge in [0.25, 0.3) is 5.91 Å². The lowest BCUT2D eigenvalue weighted by Crippen LogP contribution is -2.16. The number of anilines is 1. The number of halogens is 1. The SMILES string of the molecule is NS(=O)(=O)c1ccc(NC(=O)c2nc(-c3ccc(Cl)cc3)n3c2CCCCC3)cc1. The minimum Gasteiger partial charge on any atom is -0.327 e. The molecule has 0 unspecified atom stereocenters. The Balaban J connectivity index is 1.68. The second kappa shape index (κ2) is 8.22. The number of benzene rings is 2. The zero-order chi connectivity index (χ0) is 21.3. The number of sulfonamides is 1. The Morgan fingerprint density at radius 2 is 1.73 bits per heavy atom. The molecule has 0 saturated carbocycles. The molecular weight excluding hydrogens is 424 g/mol. The molecule has 4 rings (SSSR count). The largest absolute Gasteiger partial charge is 0.327 e. The van der Waals surface area contributed by atoms with E-state index in [0.29, 0.717) is 16.4 Å². The number of nitrogens with two attached hydrogens (primary N) is 1. The van der Waals surface area contributed by atoms with Gasteiger partial charge in [-0.25, -0.2) is 18.5 Å². The van der Waals surface area contributed by atoms with Crippen molar-refractivity contribution in [2.45, 2.75) is 37.1 Å². The van der Waals surface area contributed by atoms with Crippen LogP contribution in [0.25, 0.3) is 11.4 Å². The minimum absolute atomic E-state index is 0.0126. The Bertz CT molecular complexity index is 1190. The van der Waals surface area contributed by atoms with Gasteiger partial charge in [0.05, 0.1) is 10.6 Å². The van der Waals surface area contributed by atoms with E-state index >= 15 is 0 Å². The summed E-state index contributed by atoms with van der Waals surface area (Å²) in [5.41, 5.74) is 2.67. The fourth-order valence-corrected chi connectivity index (χ4v) is 4.28. The topological polar surface area (TPSA) is 107 Å². The third-order valence-electron chi connectivity index (χ3n) is 5.13. The highest BCUT2D eigenvalue weighted by Crippen LogP contribution is 2.28. The number of fused-ring (bicyclic) bond motifs is 1. The zero-order valence-electron chi connectivity index (χ0n) is 16.1. The van der Waals surface area contributed by atoms with E-state index in [2.05, 4.69) is 14.9 Å². The highest BCUT2D eigenvalue weighted by Gasteiger charge is 2.24. The molecule has 1 aliphatic heterocycles. The van der Waals surface area contributed by atoms with Gasteiger partial charge in [0.2, 0.25) is 10.0 Å².